The Morgan fingerprint density at radius 3 is 2.67 bits per heavy atom. The Labute approximate surface area is 180 Å². The number of amides is 1. The summed E-state index contributed by atoms with van der Waals surface area (Å²) >= 11 is 1.42. The number of benzene rings is 2. The number of fused-ring (bicyclic) bond motifs is 1. The molecule has 2 N–H and O–H groups in total. The van der Waals surface area contributed by atoms with Gasteiger partial charge in [0.25, 0.3) is 0 Å². The summed E-state index contributed by atoms with van der Waals surface area (Å²) in [5, 5.41) is 11.7. The monoisotopic (exact) mass is 423 g/mol. The molecule has 1 aliphatic rings. The molecule has 1 aliphatic heterocycles. The van der Waals surface area contributed by atoms with Crippen LogP contribution >= 0.6 is 11.8 Å². The van der Waals surface area contributed by atoms with E-state index in [1.807, 2.05) is 74.8 Å². The first kappa shape index (κ1) is 20.3. The van der Waals surface area contributed by atoms with Crippen LogP contribution < -0.4 is 15.5 Å². The van der Waals surface area contributed by atoms with Crippen molar-refractivity contribution in [1.29, 1.82) is 0 Å². The van der Waals surface area contributed by atoms with E-state index in [1.54, 1.807) is 0 Å². The van der Waals surface area contributed by atoms with Crippen molar-refractivity contribution >= 4 is 23.4 Å². The average Bonchev–Trinajstić information content (AvgIpc) is 3.11. The fourth-order valence-electron chi connectivity index (χ4n) is 3.44. The van der Waals surface area contributed by atoms with E-state index in [9.17, 15) is 4.79 Å². The fraction of sp³-hybridized carbons (Fsp3) is 0.318. The van der Waals surface area contributed by atoms with Crippen LogP contribution in [0.15, 0.2) is 47.6 Å². The van der Waals surface area contributed by atoms with Crippen LogP contribution in [-0.4, -0.2) is 32.6 Å². The highest BCUT2D eigenvalue weighted by molar-refractivity contribution is 8.00. The molecule has 2 heterocycles. The number of anilines is 1. The Bertz CT molecular complexity index is 1060. The molecule has 0 saturated carbocycles. The topological polar surface area (TPSA) is 81.1 Å². The zero-order valence-corrected chi connectivity index (χ0v) is 18.3. The molecule has 3 aromatic rings. The molecule has 0 fully saturated rings. The van der Waals surface area contributed by atoms with Gasteiger partial charge >= 0.3 is 0 Å². The van der Waals surface area contributed by atoms with Gasteiger partial charge in [0.2, 0.25) is 11.1 Å². The van der Waals surface area contributed by atoms with Gasteiger partial charge in [0, 0.05) is 5.69 Å². The van der Waals surface area contributed by atoms with Crippen LogP contribution in [0.3, 0.4) is 0 Å². The largest absolute Gasteiger partial charge is 0.494 e. The van der Waals surface area contributed by atoms with Gasteiger partial charge in [0.05, 0.1) is 12.6 Å². The van der Waals surface area contributed by atoms with Gasteiger partial charge in [-0.15, -0.1) is 10.2 Å². The summed E-state index contributed by atoms with van der Waals surface area (Å²) < 4.78 is 7.40. The van der Waals surface area contributed by atoms with Crippen molar-refractivity contribution in [2.45, 2.75) is 44.1 Å². The maximum atomic E-state index is 13.3. The molecule has 0 spiro atoms. The second kappa shape index (κ2) is 8.39. The number of aromatic nitrogens is 3. The molecule has 2 atom stereocenters. The molecule has 0 bridgehead atoms. The van der Waals surface area contributed by atoms with E-state index in [2.05, 4.69) is 20.9 Å². The van der Waals surface area contributed by atoms with Crippen LogP contribution in [0.4, 0.5) is 5.69 Å². The third-order valence-corrected chi connectivity index (χ3v) is 6.48. The highest BCUT2D eigenvalue weighted by atomic mass is 32.2. The van der Waals surface area contributed by atoms with E-state index in [-0.39, 0.29) is 11.9 Å². The van der Waals surface area contributed by atoms with Gasteiger partial charge in [-0.2, -0.15) is 0 Å². The molecule has 156 valence electrons. The zero-order valence-electron chi connectivity index (χ0n) is 17.5. The number of nitrogens with one attached hydrogen (secondary N) is 2. The summed E-state index contributed by atoms with van der Waals surface area (Å²) in [5.41, 5.74) is 7.45. The highest BCUT2D eigenvalue weighted by Gasteiger charge is 2.37. The van der Waals surface area contributed by atoms with Crippen molar-refractivity contribution in [3.63, 3.8) is 0 Å². The second-order valence-corrected chi connectivity index (χ2v) is 8.36. The number of aryl methyl sites for hydroxylation is 2. The van der Waals surface area contributed by atoms with Gasteiger partial charge in [0.1, 0.15) is 16.8 Å². The summed E-state index contributed by atoms with van der Waals surface area (Å²) in [6, 6.07) is 13.5. The molecule has 2 unspecified atom stereocenters. The predicted molar refractivity (Wildman–Crippen MR) is 119 cm³/mol. The lowest BCUT2D eigenvalue weighted by molar-refractivity contribution is -0.116. The lowest BCUT2D eigenvalue weighted by atomic mass is 10.0. The Balaban J connectivity index is 1.65. The number of nitrogens with zero attached hydrogens (tertiary/aromatic N) is 3. The van der Waals surface area contributed by atoms with Gasteiger partial charge in [0.15, 0.2) is 0 Å². The molecular formula is C22H25N5O2S. The predicted octanol–water partition coefficient (Wildman–Crippen LogP) is 4.00. The van der Waals surface area contributed by atoms with E-state index in [0.29, 0.717) is 11.8 Å². The fourth-order valence-corrected chi connectivity index (χ4v) is 4.56. The number of carbonyl (C=O) groups excluding carboxylic acids is 1. The van der Waals surface area contributed by atoms with Gasteiger partial charge < -0.3 is 15.5 Å². The van der Waals surface area contributed by atoms with Crippen molar-refractivity contribution in [1.82, 2.24) is 14.9 Å². The Hall–Kier alpha value is -3.00. The van der Waals surface area contributed by atoms with Crippen LogP contribution in [0.2, 0.25) is 0 Å². The first-order chi connectivity index (χ1) is 14.5. The quantitative estimate of drug-likeness (QED) is 0.646. The number of carbonyl (C=O) groups is 1. The molecule has 0 saturated heterocycles. The maximum absolute atomic E-state index is 13.3. The summed E-state index contributed by atoms with van der Waals surface area (Å²) in [4.78, 5) is 13.3. The Morgan fingerprint density at radius 2 is 1.93 bits per heavy atom. The third kappa shape index (κ3) is 3.87. The van der Waals surface area contributed by atoms with E-state index in [0.717, 1.165) is 34.0 Å². The molecule has 0 aliphatic carbocycles. The molecular weight excluding hydrogens is 398 g/mol. The smallest absolute Gasteiger partial charge is 0.240 e. The molecule has 0 radical (unpaired) electrons. The van der Waals surface area contributed by atoms with Crippen LogP contribution in [-0.2, 0) is 4.79 Å². The van der Waals surface area contributed by atoms with Gasteiger partial charge in [-0.1, -0.05) is 36.0 Å². The summed E-state index contributed by atoms with van der Waals surface area (Å²) in [5.74, 6) is 1.48. The minimum Gasteiger partial charge on any atom is -0.494 e. The summed E-state index contributed by atoms with van der Waals surface area (Å²) in [6.07, 6.45) is 0. The standard InChI is InChI=1S/C22H25N5O2S/c1-5-29-17-11-9-16(10-12-17)19-20(30-22-25-24-15(4)27(22)26-19)21(28)23-18-8-6-7-13(2)14(18)3/h6-12,19-20,26H,5H2,1-4H3,(H,23,28). The van der Waals surface area contributed by atoms with E-state index >= 15 is 0 Å². The third-order valence-electron chi connectivity index (χ3n) is 5.27. The molecule has 1 aromatic heterocycles. The van der Waals surface area contributed by atoms with E-state index < -0.39 is 5.25 Å². The van der Waals surface area contributed by atoms with Crippen molar-refractivity contribution in [2.75, 3.05) is 17.3 Å². The second-order valence-electron chi connectivity index (χ2n) is 7.25. The summed E-state index contributed by atoms with van der Waals surface area (Å²) in [6.45, 7) is 8.51. The zero-order chi connectivity index (χ0) is 21.3. The number of thioether (sulfide) groups is 1. The van der Waals surface area contributed by atoms with Crippen LogP contribution in [0, 0.1) is 20.8 Å². The SMILES string of the molecule is CCOc1ccc(C2Nn3c(C)nnc3SC2C(=O)Nc2cccc(C)c2C)cc1. The first-order valence-corrected chi connectivity index (χ1v) is 10.8. The number of hydrogen-bond acceptors (Lipinski definition) is 6. The molecule has 4 rings (SSSR count). The molecule has 2 aromatic carbocycles. The summed E-state index contributed by atoms with van der Waals surface area (Å²) in [7, 11) is 0. The van der Waals surface area contributed by atoms with Crippen molar-refractivity contribution in [3.8, 4) is 5.75 Å². The molecule has 30 heavy (non-hydrogen) atoms. The van der Waals surface area contributed by atoms with Crippen molar-refractivity contribution in [2.24, 2.45) is 0 Å². The lowest BCUT2D eigenvalue weighted by Crippen LogP contribution is -2.41. The Morgan fingerprint density at radius 1 is 1.17 bits per heavy atom. The highest BCUT2D eigenvalue weighted by Crippen LogP contribution is 2.38. The van der Waals surface area contributed by atoms with Gasteiger partial charge in [-0.25, -0.2) is 4.68 Å². The average molecular weight is 424 g/mol. The van der Waals surface area contributed by atoms with Crippen molar-refractivity contribution in [3.05, 3.63) is 65.0 Å². The first-order valence-electron chi connectivity index (χ1n) is 9.93. The van der Waals surface area contributed by atoms with Crippen LogP contribution in [0.5, 0.6) is 5.75 Å². The van der Waals surface area contributed by atoms with Gasteiger partial charge in [-0.05, 0) is 62.6 Å². The number of rotatable bonds is 5. The Kier molecular flexibility index (Phi) is 5.67. The van der Waals surface area contributed by atoms with Crippen LogP contribution in [0.25, 0.3) is 0 Å². The minimum atomic E-state index is -0.418. The van der Waals surface area contributed by atoms with E-state index in [4.69, 9.17) is 4.74 Å². The maximum Gasteiger partial charge on any atom is 0.240 e. The van der Waals surface area contributed by atoms with Crippen molar-refractivity contribution < 1.29 is 9.53 Å². The minimum absolute atomic E-state index is 0.0769. The lowest BCUT2D eigenvalue weighted by Gasteiger charge is -2.33. The number of hydrogen-bond donors (Lipinski definition) is 2. The number of ether oxygens (including phenoxy) is 1. The van der Waals surface area contributed by atoms with Gasteiger partial charge in [-0.3, -0.25) is 4.79 Å². The molecule has 8 heteroatoms. The van der Waals surface area contributed by atoms with Crippen LogP contribution in [0.1, 0.15) is 35.5 Å². The van der Waals surface area contributed by atoms with E-state index in [1.165, 1.54) is 11.8 Å². The normalized spacial score (nSPS) is 17.7. The molecule has 1 amide bonds. The molecule has 7 nitrogen and oxygen atoms in total.